The van der Waals surface area contributed by atoms with Gasteiger partial charge in [0, 0.05) is 6.26 Å². The zero-order chi connectivity index (χ0) is 20.4. The van der Waals surface area contributed by atoms with Crippen molar-refractivity contribution in [2.75, 3.05) is 13.4 Å². The van der Waals surface area contributed by atoms with Crippen LogP contribution in [-0.2, 0) is 14.6 Å². The van der Waals surface area contributed by atoms with E-state index in [1.807, 2.05) is 13.8 Å². The molecule has 0 bridgehead atoms. The Hall–Kier alpha value is -2.87. The van der Waals surface area contributed by atoms with Gasteiger partial charge in [-0.3, -0.25) is 4.79 Å². The molecule has 2 aromatic carbocycles. The highest BCUT2D eigenvalue weighted by molar-refractivity contribution is 7.90. The van der Waals surface area contributed by atoms with Gasteiger partial charge in [-0.2, -0.15) is 0 Å². The molecule has 0 aliphatic heterocycles. The van der Waals surface area contributed by atoms with E-state index in [1.165, 1.54) is 25.3 Å². The second-order valence-electron chi connectivity index (χ2n) is 6.22. The molecule has 2 aromatic rings. The number of ether oxygens (including phenoxy) is 1. The minimum atomic E-state index is -3.54. The molecule has 8 heteroatoms. The second kappa shape index (κ2) is 7.79. The highest BCUT2D eigenvalue weighted by atomic mass is 32.2. The lowest BCUT2D eigenvalue weighted by atomic mass is 10.0. The predicted octanol–water partition coefficient (Wildman–Crippen LogP) is 2.27. The van der Waals surface area contributed by atoms with Crippen molar-refractivity contribution in [3.8, 4) is 5.75 Å². The van der Waals surface area contributed by atoms with E-state index in [0.29, 0.717) is 5.56 Å². The number of carbonyl (C=O) groups is 2. The van der Waals surface area contributed by atoms with Crippen LogP contribution in [-0.4, -0.2) is 38.8 Å². The van der Waals surface area contributed by atoms with Gasteiger partial charge in [-0.05, 0) is 48.7 Å². The lowest BCUT2D eigenvalue weighted by Gasteiger charge is -2.17. The lowest BCUT2D eigenvalue weighted by molar-refractivity contribution is -0.139. The Balaban J connectivity index is 2.43. The number of sulfone groups is 1. The summed E-state index contributed by atoms with van der Waals surface area (Å²) >= 11 is 0. The van der Waals surface area contributed by atoms with Crippen LogP contribution in [0.1, 0.15) is 33.1 Å². The molecule has 0 aromatic heterocycles. The summed E-state index contributed by atoms with van der Waals surface area (Å²) < 4.78 is 28.6. The normalized spacial score (nSPS) is 12.3. The van der Waals surface area contributed by atoms with Gasteiger partial charge in [0.25, 0.3) is 5.91 Å². The maximum Gasteiger partial charge on any atom is 0.330 e. The van der Waals surface area contributed by atoms with Gasteiger partial charge >= 0.3 is 5.97 Å². The number of carbonyl (C=O) groups excluding carboxylic acids is 1. The van der Waals surface area contributed by atoms with Crippen molar-refractivity contribution in [3.05, 3.63) is 58.7 Å². The molecule has 0 aliphatic rings. The molecule has 1 amide bonds. The summed E-state index contributed by atoms with van der Waals surface area (Å²) in [5, 5.41) is 12.0. The number of nitrogens with one attached hydrogen (secondary N) is 1. The van der Waals surface area contributed by atoms with Crippen LogP contribution in [0.2, 0.25) is 0 Å². The van der Waals surface area contributed by atoms with Gasteiger partial charge in [0.1, 0.15) is 5.75 Å². The topological polar surface area (TPSA) is 110 Å². The Labute approximate surface area is 157 Å². The Bertz CT molecular complexity index is 997. The van der Waals surface area contributed by atoms with Crippen molar-refractivity contribution in [3.63, 3.8) is 0 Å². The van der Waals surface area contributed by atoms with E-state index in [-0.39, 0.29) is 16.2 Å². The van der Waals surface area contributed by atoms with Crippen LogP contribution in [0.15, 0.2) is 41.3 Å². The maximum atomic E-state index is 12.7. The number of rotatable bonds is 6. The summed E-state index contributed by atoms with van der Waals surface area (Å²) in [6.45, 7) is 3.74. The predicted molar refractivity (Wildman–Crippen MR) is 99.9 cm³/mol. The Kier molecular flexibility index (Phi) is 5.90. The van der Waals surface area contributed by atoms with Gasteiger partial charge in [0.2, 0.25) is 0 Å². The standard InChI is InChI=1S/C19H21NO6S/c1-11-5-6-13(9-12(11)2)17(19(22)23)20-18(21)15-10-14(27(4,24)25)7-8-16(15)26-3/h5-10,17H,1-4H3,(H,20,21)(H,22,23). The quantitative estimate of drug-likeness (QED) is 0.782. The fourth-order valence-electron chi connectivity index (χ4n) is 2.54. The third-order valence-electron chi connectivity index (χ3n) is 4.23. The van der Waals surface area contributed by atoms with E-state index < -0.39 is 27.8 Å². The molecule has 0 saturated carbocycles. The molecule has 7 nitrogen and oxygen atoms in total. The Morgan fingerprint density at radius 1 is 1.07 bits per heavy atom. The SMILES string of the molecule is COc1ccc(S(C)(=O)=O)cc1C(=O)NC(C(=O)O)c1ccc(C)c(C)c1. The van der Waals surface area contributed by atoms with Gasteiger partial charge in [0.15, 0.2) is 15.9 Å². The second-order valence-corrected chi connectivity index (χ2v) is 8.24. The van der Waals surface area contributed by atoms with Crippen molar-refractivity contribution >= 4 is 21.7 Å². The molecule has 0 radical (unpaired) electrons. The molecule has 2 rings (SSSR count). The van der Waals surface area contributed by atoms with E-state index in [0.717, 1.165) is 17.4 Å². The first-order chi connectivity index (χ1) is 12.5. The summed E-state index contributed by atoms with van der Waals surface area (Å²) in [5.74, 6) is -1.84. The molecule has 0 aliphatic carbocycles. The van der Waals surface area contributed by atoms with Gasteiger partial charge in [-0.25, -0.2) is 13.2 Å². The summed E-state index contributed by atoms with van der Waals surface area (Å²) in [7, 11) is -2.21. The van der Waals surface area contributed by atoms with Gasteiger partial charge in [-0.1, -0.05) is 18.2 Å². The summed E-state index contributed by atoms with van der Waals surface area (Å²) in [6.07, 6.45) is 1.02. The molecule has 2 N–H and O–H groups in total. The number of carboxylic acid groups (broad SMARTS) is 1. The first-order valence-electron chi connectivity index (χ1n) is 8.03. The van der Waals surface area contributed by atoms with Crippen LogP contribution in [0.4, 0.5) is 0 Å². The van der Waals surface area contributed by atoms with E-state index in [4.69, 9.17) is 4.74 Å². The fraction of sp³-hybridized carbons (Fsp3) is 0.263. The first kappa shape index (κ1) is 20.4. The zero-order valence-corrected chi connectivity index (χ0v) is 16.3. The molecule has 1 atom stereocenters. The van der Waals surface area contributed by atoms with Crippen molar-refractivity contribution in [2.45, 2.75) is 24.8 Å². The number of benzene rings is 2. The van der Waals surface area contributed by atoms with Crippen LogP contribution in [0, 0.1) is 13.8 Å². The van der Waals surface area contributed by atoms with E-state index in [1.54, 1.807) is 18.2 Å². The molecule has 0 fully saturated rings. The smallest absolute Gasteiger partial charge is 0.330 e. The minimum Gasteiger partial charge on any atom is -0.496 e. The van der Waals surface area contributed by atoms with Gasteiger partial charge < -0.3 is 15.2 Å². The average molecular weight is 391 g/mol. The van der Waals surface area contributed by atoms with E-state index in [2.05, 4.69) is 5.32 Å². The number of hydrogen-bond acceptors (Lipinski definition) is 5. The first-order valence-corrected chi connectivity index (χ1v) is 9.92. The van der Waals surface area contributed by atoms with Crippen LogP contribution in [0.3, 0.4) is 0 Å². The minimum absolute atomic E-state index is 0.0597. The number of methoxy groups -OCH3 is 1. The number of aryl methyl sites for hydroxylation is 2. The summed E-state index contributed by atoms with van der Waals surface area (Å²) in [5.41, 5.74) is 2.24. The molecular weight excluding hydrogens is 370 g/mol. The van der Waals surface area contributed by atoms with E-state index >= 15 is 0 Å². The van der Waals surface area contributed by atoms with Crippen molar-refractivity contribution in [2.24, 2.45) is 0 Å². The number of amides is 1. The Morgan fingerprint density at radius 2 is 1.74 bits per heavy atom. The van der Waals surface area contributed by atoms with E-state index in [9.17, 15) is 23.1 Å². The molecule has 144 valence electrons. The lowest BCUT2D eigenvalue weighted by Crippen LogP contribution is -2.34. The maximum absolute atomic E-state index is 12.7. The fourth-order valence-corrected chi connectivity index (χ4v) is 3.18. The van der Waals surface area contributed by atoms with Crippen LogP contribution in [0.5, 0.6) is 5.75 Å². The van der Waals surface area contributed by atoms with Crippen molar-refractivity contribution in [1.82, 2.24) is 5.32 Å². The number of carboxylic acids is 1. The van der Waals surface area contributed by atoms with Crippen LogP contribution >= 0.6 is 0 Å². The highest BCUT2D eigenvalue weighted by Crippen LogP contribution is 2.24. The van der Waals surface area contributed by atoms with Gasteiger partial charge in [-0.15, -0.1) is 0 Å². The zero-order valence-electron chi connectivity index (χ0n) is 15.4. The molecular formula is C19H21NO6S. The summed E-state index contributed by atoms with van der Waals surface area (Å²) in [4.78, 5) is 24.3. The highest BCUT2D eigenvalue weighted by Gasteiger charge is 2.25. The summed E-state index contributed by atoms with van der Waals surface area (Å²) in [6, 6.07) is 7.66. The number of aliphatic carboxylic acids is 1. The monoisotopic (exact) mass is 391 g/mol. The molecule has 27 heavy (non-hydrogen) atoms. The van der Waals surface area contributed by atoms with Crippen LogP contribution in [0.25, 0.3) is 0 Å². The third-order valence-corrected chi connectivity index (χ3v) is 5.34. The van der Waals surface area contributed by atoms with Crippen molar-refractivity contribution in [1.29, 1.82) is 0 Å². The molecule has 0 saturated heterocycles. The van der Waals surface area contributed by atoms with Crippen LogP contribution < -0.4 is 10.1 Å². The van der Waals surface area contributed by atoms with Crippen molar-refractivity contribution < 1.29 is 27.9 Å². The third kappa shape index (κ3) is 4.65. The van der Waals surface area contributed by atoms with Gasteiger partial charge in [0.05, 0.1) is 17.6 Å². The number of hydrogen-bond donors (Lipinski definition) is 2. The molecule has 0 heterocycles. The average Bonchev–Trinajstić information content (AvgIpc) is 2.60. The molecule has 1 unspecified atom stereocenters. The largest absolute Gasteiger partial charge is 0.496 e. The Morgan fingerprint density at radius 3 is 2.26 bits per heavy atom. The molecule has 0 spiro atoms.